The first-order chi connectivity index (χ1) is 14.3. The Hall–Kier alpha value is -3.47. The van der Waals surface area contributed by atoms with E-state index in [1.807, 2.05) is 12.2 Å². The Morgan fingerprint density at radius 1 is 1.07 bits per heavy atom. The third-order valence-electron chi connectivity index (χ3n) is 4.06. The molecule has 0 saturated carbocycles. The van der Waals surface area contributed by atoms with Gasteiger partial charge in [-0.25, -0.2) is 22.3 Å². The van der Waals surface area contributed by atoms with E-state index in [1.165, 1.54) is 42.5 Å². The van der Waals surface area contributed by atoms with Gasteiger partial charge in [0.15, 0.2) is 0 Å². The second-order valence-corrected chi connectivity index (χ2v) is 8.15. The lowest BCUT2D eigenvalue weighted by Gasteiger charge is -2.22. The van der Waals surface area contributed by atoms with E-state index in [0.29, 0.717) is 17.1 Å². The smallest absolute Gasteiger partial charge is 0.307 e. The van der Waals surface area contributed by atoms with Crippen molar-refractivity contribution >= 4 is 33.5 Å². The maximum absolute atomic E-state index is 12.9. The second kappa shape index (κ2) is 10.3. The third-order valence-corrected chi connectivity index (χ3v) is 5.85. The molecule has 2 aromatic carbocycles. The average molecular weight is 434 g/mol. The summed E-state index contributed by atoms with van der Waals surface area (Å²) < 4.78 is 26.4. The Balaban J connectivity index is 2.16. The molecule has 0 aliphatic rings. The Morgan fingerprint density at radius 2 is 1.77 bits per heavy atom. The molecule has 10 nitrogen and oxygen atoms in total. The van der Waals surface area contributed by atoms with Gasteiger partial charge in [-0.15, -0.1) is 0 Å². The molecule has 0 aliphatic carbocycles. The summed E-state index contributed by atoms with van der Waals surface area (Å²) in [6, 6.07) is 10.4. The summed E-state index contributed by atoms with van der Waals surface area (Å²) in [5.41, 5.74) is -0.162. The van der Waals surface area contributed by atoms with Crippen LogP contribution in [-0.4, -0.2) is 36.3 Å². The first kappa shape index (κ1) is 22.8. The van der Waals surface area contributed by atoms with Gasteiger partial charge in [0.25, 0.3) is 15.7 Å². The maximum Gasteiger partial charge on any atom is 0.339 e. The van der Waals surface area contributed by atoms with E-state index in [-0.39, 0.29) is 22.8 Å². The van der Waals surface area contributed by atoms with E-state index < -0.39 is 27.0 Å². The van der Waals surface area contributed by atoms with Crippen LogP contribution in [0.4, 0.5) is 21.0 Å². The number of imide groups is 1. The number of benzene rings is 2. The minimum absolute atomic E-state index is 0.0734. The molecule has 0 bridgehead atoms. The second-order valence-electron chi connectivity index (χ2n) is 6.29. The summed E-state index contributed by atoms with van der Waals surface area (Å²) in [5, 5.41) is 15.1. The van der Waals surface area contributed by atoms with Crippen molar-refractivity contribution in [2.75, 3.05) is 11.9 Å². The largest absolute Gasteiger partial charge is 0.339 e. The number of carbonyl (C=O) groups is 2. The topological polar surface area (TPSA) is 139 Å². The van der Waals surface area contributed by atoms with Crippen molar-refractivity contribution in [2.45, 2.75) is 31.1 Å². The van der Waals surface area contributed by atoms with Gasteiger partial charge in [-0.3, -0.25) is 15.4 Å². The highest BCUT2D eigenvalue weighted by molar-refractivity contribution is 7.89. The fourth-order valence-corrected chi connectivity index (χ4v) is 3.96. The van der Waals surface area contributed by atoms with Crippen LogP contribution in [0.5, 0.6) is 0 Å². The molecule has 160 valence electrons. The zero-order valence-electron chi connectivity index (χ0n) is 16.3. The zero-order chi connectivity index (χ0) is 22.1. The van der Waals surface area contributed by atoms with Gasteiger partial charge in [-0.2, -0.15) is 0 Å². The van der Waals surface area contributed by atoms with Crippen molar-refractivity contribution in [3.63, 3.8) is 0 Å². The number of urea groups is 2. The van der Waals surface area contributed by atoms with Crippen LogP contribution >= 0.6 is 0 Å². The number of non-ortho nitro benzene ring substituents is 1. The molecule has 2 aromatic rings. The standard InChI is InChI=1S/C19H22N4O6S/c1-2-3-7-13-22(30(28,29)17-11-5-4-6-12-17)19(25)21-18(24)20-15-9-8-10-16(14-15)23(26)27/h4-6,8-12,14H,2-3,7,13H2,1H3,(H2,20,21,24,25). The maximum atomic E-state index is 12.9. The van der Waals surface area contributed by atoms with Crippen LogP contribution in [-0.2, 0) is 10.0 Å². The molecule has 2 N–H and O–H groups in total. The number of carbonyl (C=O) groups excluding carboxylic acids is 2. The van der Waals surface area contributed by atoms with Crippen molar-refractivity contribution in [3.8, 4) is 0 Å². The summed E-state index contributed by atoms with van der Waals surface area (Å²) in [5.74, 6) is 0. The highest BCUT2D eigenvalue weighted by atomic mass is 32.2. The first-order valence-corrected chi connectivity index (χ1v) is 10.6. The van der Waals surface area contributed by atoms with Crippen LogP contribution in [0, 0.1) is 10.1 Å². The monoisotopic (exact) mass is 434 g/mol. The van der Waals surface area contributed by atoms with Gasteiger partial charge in [0.2, 0.25) is 0 Å². The van der Waals surface area contributed by atoms with E-state index in [4.69, 9.17) is 0 Å². The van der Waals surface area contributed by atoms with Gasteiger partial charge in [0, 0.05) is 24.4 Å². The number of nitrogens with zero attached hydrogens (tertiary/aromatic N) is 2. The van der Waals surface area contributed by atoms with Crippen LogP contribution in [0.15, 0.2) is 59.5 Å². The predicted octanol–water partition coefficient (Wildman–Crippen LogP) is 3.72. The summed E-state index contributed by atoms with van der Waals surface area (Å²) in [7, 11) is -4.17. The van der Waals surface area contributed by atoms with Gasteiger partial charge in [0.1, 0.15) is 0 Å². The number of sulfonamides is 1. The molecule has 0 unspecified atom stereocenters. The fourth-order valence-electron chi connectivity index (χ4n) is 2.58. The Morgan fingerprint density at radius 3 is 2.40 bits per heavy atom. The molecule has 0 aliphatic heterocycles. The number of unbranched alkanes of at least 4 members (excludes halogenated alkanes) is 2. The van der Waals surface area contributed by atoms with E-state index >= 15 is 0 Å². The molecule has 11 heteroatoms. The van der Waals surface area contributed by atoms with Gasteiger partial charge in [0.05, 0.1) is 9.82 Å². The number of rotatable bonds is 8. The lowest BCUT2D eigenvalue weighted by atomic mass is 10.2. The Labute approximate surface area is 174 Å². The summed E-state index contributed by atoms with van der Waals surface area (Å²) >= 11 is 0. The van der Waals surface area contributed by atoms with Gasteiger partial charge in [-0.05, 0) is 24.6 Å². The van der Waals surface area contributed by atoms with Crippen molar-refractivity contribution in [1.29, 1.82) is 0 Å². The van der Waals surface area contributed by atoms with Gasteiger partial charge >= 0.3 is 12.1 Å². The molecule has 0 spiro atoms. The average Bonchev–Trinajstić information content (AvgIpc) is 2.71. The number of anilines is 1. The lowest BCUT2D eigenvalue weighted by molar-refractivity contribution is -0.384. The van der Waals surface area contributed by atoms with Crippen LogP contribution in [0.2, 0.25) is 0 Å². The first-order valence-electron chi connectivity index (χ1n) is 9.20. The predicted molar refractivity (Wildman–Crippen MR) is 111 cm³/mol. The molecular weight excluding hydrogens is 412 g/mol. The minimum atomic E-state index is -4.17. The molecule has 30 heavy (non-hydrogen) atoms. The molecular formula is C19H22N4O6S. The molecule has 2 rings (SSSR count). The molecule has 0 atom stereocenters. The van der Waals surface area contributed by atoms with E-state index in [0.717, 1.165) is 12.5 Å². The molecule has 0 radical (unpaired) electrons. The van der Waals surface area contributed by atoms with Crippen molar-refractivity contribution in [1.82, 2.24) is 9.62 Å². The third kappa shape index (κ3) is 6.01. The van der Waals surface area contributed by atoms with Crippen molar-refractivity contribution in [3.05, 3.63) is 64.7 Å². The van der Waals surface area contributed by atoms with E-state index in [2.05, 4.69) is 5.32 Å². The number of amides is 4. The molecule has 0 fully saturated rings. The van der Waals surface area contributed by atoms with Crippen molar-refractivity contribution in [2.24, 2.45) is 0 Å². The summed E-state index contributed by atoms with van der Waals surface area (Å²) in [6.45, 7) is 1.84. The number of nitro groups is 1. The number of hydrogen-bond donors (Lipinski definition) is 2. The molecule has 0 aromatic heterocycles. The molecule has 0 heterocycles. The number of nitrogens with one attached hydrogen (secondary N) is 2. The molecule has 0 saturated heterocycles. The van der Waals surface area contributed by atoms with Crippen LogP contribution in [0.25, 0.3) is 0 Å². The number of nitro benzene ring substituents is 1. The van der Waals surface area contributed by atoms with E-state index in [9.17, 15) is 28.1 Å². The fraction of sp³-hybridized carbons (Fsp3) is 0.263. The normalized spacial score (nSPS) is 10.8. The summed E-state index contributed by atoms with van der Waals surface area (Å²) in [6.07, 6.45) is 1.95. The zero-order valence-corrected chi connectivity index (χ0v) is 17.1. The lowest BCUT2D eigenvalue weighted by Crippen LogP contribution is -2.47. The number of hydrogen-bond acceptors (Lipinski definition) is 6. The quantitative estimate of drug-likeness (QED) is 0.369. The SMILES string of the molecule is CCCCCN(C(=O)NC(=O)Nc1cccc([N+](=O)[O-])c1)S(=O)(=O)c1ccccc1. The van der Waals surface area contributed by atoms with Crippen LogP contribution in [0.1, 0.15) is 26.2 Å². The highest BCUT2D eigenvalue weighted by Gasteiger charge is 2.30. The minimum Gasteiger partial charge on any atom is -0.307 e. The molecule has 4 amide bonds. The van der Waals surface area contributed by atoms with Crippen molar-refractivity contribution < 1.29 is 22.9 Å². The summed E-state index contributed by atoms with van der Waals surface area (Å²) in [4.78, 5) is 34.9. The van der Waals surface area contributed by atoms with Gasteiger partial charge in [-0.1, -0.05) is 44.0 Å². The highest BCUT2D eigenvalue weighted by Crippen LogP contribution is 2.18. The van der Waals surface area contributed by atoms with Gasteiger partial charge < -0.3 is 5.32 Å². The Kier molecular flexibility index (Phi) is 7.87. The van der Waals surface area contributed by atoms with Crippen LogP contribution < -0.4 is 10.6 Å². The van der Waals surface area contributed by atoms with E-state index in [1.54, 1.807) is 6.07 Å². The Bertz CT molecular complexity index is 1010. The van der Waals surface area contributed by atoms with Crippen LogP contribution in [0.3, 0.4) is 0 Å².